The van der Waals surface area contributed by atoms with Gasteiger partial charge >= 0.3 is 6.09 Å². The Kier molecular flexibility index (Phi) is 7.20. The fraction of sp³-hybridized carbons (Fsp3) is 0.280. The molecule has 0 saturated carbocycles. The molecule has 174 valence electrons. The van der Waals surface area contributed by atoms with E-state index >= 15 is 0 Å². The number of hydrogen-bond donors (Lipinski definition) is 2. The number of aromatic nitrogens is 2. The summed E-state index contributed by atoms with van der Waals surface area (Å²) in [5, 5.41) is 8.93. The van der Waals surface area contributed by atoms with Crippen molar-refractivity contribution in [1.29, 1.82) is 5.26 Å². The molecule has 0 bridgehead atoms. The number of H-pyrrole nitrogens is 1. The first kappa shape index (κ1) is 23.0. The Balaban J connectivity index is 1.34. The summed E-state index contributed by atoms with van der Waals surface area (Å²) in [6, 6.07) is 18.2. The average molecular weight is 459 g/mol. The summed E-state index contributed by atoms with van der Waals surface area (Å²) in [4.78, 5) is 36.0. The van der Waals surface area contributed by atoms with Crippen molar-refractivity contribution in [3.05, 3.63) is 89.0 Å². The van der Waals surface area contributed by atoms with Crippen molar-refractivity contribution in [3.63, 3.8) is 0 Å². The zero-order valence-corrected chi connectivity index (χ0v) is 18.7. The minimum atomic E-state index is -0.662. The van der Waals surface area contributed by atoms with E-state index in [1.807, 2.05) is 47.4 Å². The number of aromatic amines is 1. The second-order valence-corrected chi connectivity index (χ2v) is 8.14. The highest BCUT2D eigenvalue weighted by Gasteiger charge is 2.32. The van der Waals surface area contributed by atoms with Crippen LogP contribution in [0.2, 0.25) is 0 Å². The fourth-order valence-corrected chi connectivity index (χ4v) is 4.00. The summed E-state index contributed by atoms with van der Waals surface area (Å²) in [5.74, 6) is 0.225. The molecule has 1 aromatic heterocycles. The summed E-state index contributed by atoms with van der Waals surface area (Å²) in [6.07, 6.45) is 1.80. The zero-order valence-electron chi connectivity index (χ0n) is 18.7. The molecule has 0 spiro atoms. The van der Waals surface area contributed by atoms with E-state index in [1.54, 1.807) is 23.2 Å². The maximum absolute atomic E-state index is 12.4. The Morgan fingerprint density at radius 2 is 1.76 bits per heavy atom. The Bertz CT molecular complexity index is 1160. The number of amides is 2. The number of nitrogens with two attached hydrogens (primary N) is 1. The molecule has 3 N–H and O–H groups in total. The van der Waals surface area contributed by atoms with E-state index in [0.717, 1.165) is 11.1 Å². The lowest BCUT2D eigenvalue weighted by molar-refractivity contribution is -0.124. The second kappa shape index (κ2) is 10.6. The van der Waals surface area contributed by atoms with Crippen LogP contribution in [0.1, 0.15) is 34.3 Å². The van der Waals surface area contributed by atoms with Crippen LogP contribution in [-0.4, -0.2) is 57.9 Å². The molecule has 1 aliphatic rings. The number of nitriles is 1. The van der Waals surface area contributed by atoms with E-state index in [2.05, 4.69) is 16.0 Å². The first-order chi connectivity index (χ1) is 16.5. The van der Waals surface area contributed by atoms with Gasteiger partial charge in [0, 0.05) is 32.6 Å². The summed E-state index contributed by atoms with van der Waals surface area (Å²) < 4.78 is 5.41. The van der Waals surface area contributed by atoms with E-state index in [1.165, 1.54) is 0 Å². The first-order valence-corrected chi connectivity index (χ1v) is 11.1. The molecule has 2 heterocycles. The third-order valence-corrected chi connectivity index (χ3v) is 5.81. The topological polar surface area (TPSA) is 128 Å². The molecule has 1 saturated heterocycles. The molecular weight excluding hydrogens is 432 g/mol. The lowest BCUT2D eigenvalue weighted by Gasteiger charge is -2.37. The summed E-state index contributed by atoms with van der Waals surface area (Å²) >= 11 is 0. The molecule has 34 heavy (non-hydrogen) atoms. The van der Waals surface area contributed by atoms with Gasteiger partial charge in [-0.15, -0.1) is 0 Å². The van der Waals surface area contributed by atoms with Gasteiger partial charge < -0.3 is 20.4 Å². The molecule has 9 nitrogen and oxygen atoms in total. The van der Waals surface area contributed by atoms with Crippen LogP contribution >= 0.6 is 0 Å². The van der Waals surface area contributed by atoms with Crippen molar-refractivity contribution in [3.8, 4) is 6.07 Å². The van der Waals surface area contributed by atoms with E-state index < -0.39 is 11.9 Å². The number of primary amides is 1. The minimum Gasteiger partial charge on any atom is -0.445 e. The SMILES string of the molecule is N#Cc1ccc(Cc2ncc(C(C(N)=O)N3CCN(C(=O)OCc4ccccc4)CC3)[nH]2)cc1. The van der Waals surface area contributed by atoms with Gasteiger partial charge in [-0.25, -0.2) is 9.78 Å². The Labute approximate surface area is 197 Å². The molecule has 1 unspecified atom stereocenters. The maximum Gasteiger partial charge on any atom is 0.410 e. The van der Waals surface area contributed by atoms with Gasteiger partial charge in [-0.3, -0.25) is 9.69 Å². The highest BCUT2D eigenvalue weighted by molar-refractivity contribution is 5.81. The van der Waals surface area contributed by atoms with Crippen molar-refractivity contribution < 1.29 is 14.3 Å². The molecule has 2 amide bonds. The fourth-order valence-electron chi connectivity index (χ4n) is 4.00. The Morgan fingerprint density at radius 1 is 1.06 bits per heavy atom. The quantitative estimate of drug-likeness (QED) is 0.559. The molecule has 0 aliphatic carbocycles. The van der Waals surface area contributed by atoms with E-state index in [4.69, 9.17) is 15.7 Å². The largest absolute Gasteiger partial charge is 0.445 e. The zero-order chi connectivity index (χ0) is 23.9. The van der Waals surface area contributed by atoms with Crippen LogP contribution < -0.4 is 5.73 Å². The highest BCUT2D eigenvalue weighted by Crippen LogP contribution is 2.22. The van der Waals surface area contributed by atoms with E-state index in [-0.39, 0.29) is 12.7 Å². The van der Waals surface area contributed by atoms with Crippen molar-refractivity contribution in [1.82, 2.24) is 19.8 Å². The van der Waals surface area contributed by atoms with Gasteiger partial charge in [0.2, 0.25) is 5.91 Å². The van der Waals surface area contributed by atoms with Crippen molar-refractivity contribution in [2.24, 2.45) is 5.73 Å². The number of carbonyl (C=O) groups excluding carboxylic acids is 2. The number of benzene rings is 2. The monoisotopic (exact) mass is 458 g/mol. The standard InChI is InChI=1S/C25H26N6O3/c26-15-19-8-6-18(7-9-19)14-22-28-16-21(29-22)23(24(27)32)30-10-12-31(13-11-30)25(33)34-17-20-4-2-1-3-5-20/h1-9,16,23H,10-14,17H2,(H2,27,32)(H,28,29). The molecule has 0 radical (unpaired) electrons. The van der Waals surface area contributed by atoms with Gasteiger partial charge in [0.15, 0.2) is 0 Å². The molecule has 1 atom stereocenters. The number of nitrogens with one attached hydrogen (secondary N) is 1. The third kappa shape index (κ3) is 5.60. The molecule has 9 heteroatoms. The lowest BCUT2D eigenvalue weighted by atomic mass is 10.1. The Morgan fingerprint density at radius 3 is 2.41 bits per heavy atom. The predicted molar refractivity (Wildman–Crippen MR) is 124 cm³/mol. The highest BCUT2D eigenvalue weighted by atomic mass is 16.6. The number of ether oxygens (including phenoxy) is 1. The Hall–Kier alpha value is -4.16. The van der Waals surface area contributed by atoms with Crippen molar-refractivity contribution in [2.75, 3.05) is 26.2 Å². The number of piperazine rings is 1. The lowest BCUT2D eigenvalue weighted by Crippen LogP contribution is -2.52. The molecule has 1 fully saturated rings. The number of carbonyl (C=O) groups is 2. The van der Waals surface area contributed by atoms with Crippen LogP contribution in [0.3, 0.4) is 0 Å². The number of hydrogen-bond acceptors (Lipinski definition) is 6. The maximum atomic E-state index is 12.4. The summed E-state index contributed by atoms with van der Waals surface area (Å²) in [6.45, 7) is 2.06. The van der Waals surface area contributed by atoms with Crippen LogP contribution in [0.15, 0.2) is 60.8 Å². The van der Waals surface area contributed by atoms with Gasteiger partial charge in [-0.05, 0) is 23.3 Å². The summed E-state index contributed by atoms with van der Waals surface area (Å²) in [7, 11) is 0. The molecular formula is C25H26N6O3. The first-order valence-electron chi connectivity index (χ1n) is 11.1. The number of rotatable bonds is 7. The normalized spacial score (nSPS) is 14.9. The van der Waals surface area contributed by atoms with E-state index in [9.17, 15) is 9.59 Å². The van der Waals surface area contributed by atoms with E-state index in [0.29, 0.717) is 49.7 Å². The molecule has 1 aliphatic heterocycles. The predicted octanol–water partition coefficient (Wildman–Crippen LogP) is 2.35. The third-order valence-electron chi connectivity index (χ3n) is 5.81. The average Bonchev–Trinajstić information content (AvgIpc) is 3.31. The van der Waals surface area contributed by atoms with Crippen LogP contribution in [0.25, 0.3) is 0 Å². The van der Waals surface area contributed by atoms with Gasteiger partial charge in [0.1, 0.15) is 18.5 Å². The minimum absolute atomic E-state index is 0.222. The molecule has 2 aromatic carbocycles. The van der Waals surface area contributed by atoms with Gasteiger partial charge in [0.05, 0.1) is 23.5 Å². The molecule has 3 aromatic rings. The van der Waals surface area contributed by atoms with Gasteiger partial charge in [-0.2, -0.15) is 5.26 Å². The van der Waals surface area contributed by atoms with Crippen molar-refractivity contribution >= 4 is 12.0 Å². The number of imidazole rings is 1. The van der Waals surface area contributed by atoms with Crippen LogP contribution in [-0.2, 0) is 22.6 Å². The smallest absolute Gasteiger partial charge is 0.410 e. The molecule has 4 rings (SSSR count). The van der Waals surface area contributed by atoms with Crippen LogP contribution in [0.4, 0.5) is 4.79 Å². The van der Waals surface area contributed by atoms with Crippen molar-refractivity contribution in [2.45, 2.75) is 19.1 Å². The van der Waals surface area contributed by atoms with Gasteiger partial charge in [0.25, 0.3) is 0 Å². The number of nitrogens with zero attached hydrogens (tertiary/aromatic N) is 4. The van der Waals surface area contributed by atoms with Crippen LogP contribution in [0, 0.1) is 11.3 Å². The second-order valence-electron chi connectivity index (χ2n) is 8.14. The van der Waals surface area contributed by atoms with Crippen LogP contribution in [0.5, 0.6) is 0 Å². The summed E-state index contributed by atoms with van der Waals surface area (Å²) in [5.41, 5.74) is 8.88. The van der Waals surface area contributed by atoms with Gasteiger partial charge in [-0.1, -0.05) is 42.5 Å².